The van der Waals surface area contributed by atoms with Crippen molar-refractivity contribution in [3.05, 3.63) is 33.9 Å². The minimum Gasteiger partial charge on any atom is -0.481 e. The maximum Gasteiger partial charge on any atom is 0.305 e. The van der Waals surface area contributed by atoms with E-state index in [4.69, 9.17) is 10.4 Å². The van der Waals surface area contributed by atoms with Crippen LogP contribution in [0.3, 0.4) is 0 Å². The molecule has 0 aliphatic carbocycles. The van der Waals surface area contributed by atoms with E-state index >= 15 is 0 Å². The fourth-order valence-electron chi connectivity index (χ4n) is 1.40. The molecule has 0 aliphatic rings. The monoisotopic (exact) mass is 249 g/mol. The van der Waals surface area contributed by atoms with Gasteiger partial charge in [-0.05, 0) is 12.1 Å². The molecule has 0 spiro atoms. The van der Waals surface area contributed by atoms with Gasteiger partial charge in [0.2, 0.25) is 0 Å². The lowest BCUT2D eigenvalue weighted by atomic mass is 10.1. The molecule has 1 rings (SSSR count). The van der Waals surface area contributed by atoms with Crippen molar-refractivity contribution in [2.24, 2.45) is 0 Å². The number of benzene rings is 1. The molecule has 0 atom stereocenters. The van der Waals surface area contributed by atoms with Gasteiger partial charge in [-0.1, -0.05) is 0 Å². The second kappa shape index (κ2) is 5.63. The van der Waals surface area contributed by atoms with E-state index in [-0.39, 0.29) is 24.2 Å². The van der Waals surface area contributed by atoms with Crippen LogP contribution in [0.15, 0.2) is 18.2 Å². The van der Waals surface area contributed by atoms with Crippen molar-refractivity contribution in [2.75, 3.05) is 18.5 Å². The number of hydrogen-bond donors (Lipinski definition) is 1. The fourth-order valence-corrected chi connectivity index (χ4v) is 1.40. The van der Waals surface area contributed by atoms with Gasteiger partial charge in [-0.25, -0.2) is 0 Å². The van der Waals surface area contributed by atoms with Crippen LogP contribution < -0.4 is 4.90 Å². The summed E-state index contributed by atoms with van der Waals surface area (Å²) >= 11 is 0. The largest absolute Gasteiger partial charge is 0.481 e. The van der Waals surface area contributed by atoms with Gasteiger partial charge in [0.15, 0.2) is 0 Å². The van der Waals surface area contributed by atoms with Crippen molar-refractivity contribution >= 4 is 17.3 Å². The zero-order valence-corrected chi connectivity index (χ0v) is 9.66. The smallest absolute Gasteiger partial charge is 0.305 e. The van der Waals surface area contributed by atoms with Gasteiger partial charge in [-0.2, -0.15) is 5.26 Å². The molecule has 7 nitrogen and oxygen atoms in total. The van der Waals surface area contributed by atoms with Crippen LogP contribution in [0.1, 0.15) is 12.0 Å². The third kappa shape index (κ3) is 3.18. The second-order valence-corrected chi connectivity index (χ2v) is 3.64. The summed E-state index contributed by atoms with van der Waals surface area (Å²) in [6.07, 6.45) is -0.0463. The van der Waals surface area contributed by atoms with Gasteiger partial charge in [0.05, 0.1) is 11.3 Å². The van der Waals surface area contributed by atoms with Crippen LogP contribution in [0.5, 0.6) is 0 Å². The highest BCUT2D eigenvalue weighted by Gasteiger charge is 2.15. The standard InChI is InChI=1S/C11H11N3O4/c1-13(5-4-11(15)16)9-2-3-10(14(17)18)8(6-9)7-12/h2-3,6H,4-5H2,1H3,(H,15,16). The number of carboxylic acid groups (broad SMARTS) is 1. The third-order valence-corrected chi connectivity index (χ3v) is 2.40. The van der Waals surface area contributed by atoms with Crippen LogP contribution >= 0.6 is 0 Å². The lowest BCUT2D eigenvalue weighted by Crippen LogP contribution is -2.21. The molecular formula is C11H11N3O4. The van der Waals surface area contributed by atoms with Crippen LogP contribution in [-0.2, 0) is 4.79 Å². The number of nitriles is 1. The molecule has 1 aromatic rings. The summed E-state index contributed by atoms with van der Waals surface area (Å²) in [6.45, 7) is 0.262. The van der Waals surface area contributed by atoms with Crippen molar-refractivity contribution < 1.29 is 14.8 Å². The Kier molecular flexibility index (Phi) is 4.21. The maximum absolute atomic E-state index is 10.6. The summed E-state index contributed by atoms with van der Waals surface area (Å²) < 4.78 is 0. The molecule has 0 radical (unpaired) electrons. The van der Waals surface area contributed by atoms with E-state index in [2.05, 4.69) is 0 Å². The van der Waals surface area contributed by atoms with Crippen LogP contribution in [0.25, 0.3) is 0 Å². The molecule has 0 aliphatic heterocycles. The molecule has 0 heterocycles. The van der Waals surface area contributed by atoms with E-state index in [1.54, 1.807) is 18.0 Å². The number of nitro groups is 1. The van der Waals surface area contributed by atoms with Gasteiger partial charge in [0, 0.05) is 25.3 Å². The molecule has 0 saturated heterocycles. The Labute approximate surface area is 103 Å². The SMILES string of the molecule is CN(CCC(=O)O)c1ccc([N+](=O)[O-])c(C#N)c1. The number of aliphatic carboxylic acids is 1. The van der Waals surface area contributed by atoms with Crippen LogP contribution in [0, 0.1) is 21.4 Å². The molecule has 94 valence electrons. The summed E-state index contributed by atoms with van der Waals surface area (Å²) in [7, 11) is 1.66. The average Bonchev–Trinajstić information content (AvgIpc) is 2.34. The summed E-state index contributed by atoms with van der Waals surface area (Å²) in [4.78, 5) is 22.1. The quantitative estimate of drug-likeness (QED) is 0.623. The Morgan fingerprint density at radius 2 is 2.28 bits per heavy atom. The first kappa shape index (κ1) is 13.4. The molecule has 1 aromatic carbocycles. The maximum atomic E-state index is 10.6. The first-order valence-corrected chi connectivity index (χ1v) is 5.07. The predicted molar refractivity (Wildman–Crippen MR) is 63.3 cm³/mol. The number of carbonyl (C=O) groups is 1. The molecule has 0 fully saturated rings. The molecule has 0 amide bonds. The number of anilines is 1. The normalized spacial score (nSPS) is 9.56. The van der Waals surface area contributed by atoms with Crippen LogP contribution in [0.4, 0.5) is 11.4 Å². The van der Waals surface area contributed by atoms with Gasteiger partial charge in [0.1, 0.15) is 11.6 Å². The van der Waals surface area contributed by atoms with E-state index in [9.17, 15) is 14.9 Å². The van der Waals surface area contributed by atoms with E-state index in [0.29, 0.717) is 5.69 Å². The summed E-state index contributed by atoms with van der Waals surface area (Å²) in [6, 6.07) is 5.86. The number of hydrogen-bond acceptors (Lipinski definition) is 5. The molecular weight excluding hydrogens is 238 g/mol. The number of nitrogens with zero attached hydrogens (tertiary/aromatic N) is 3. The van der Waals surface area contributed by atoms with Gasteiger partial charge >= 0.3 is 5.97 Å². The minimum absolute atomic E-state index is 0.0420. The highest BCUT2D eigenvalue weighted by molar-refractivity contribution is 5.68. The molecule has 0 bridgehead atoms. The van der Waals surface area contributed by atoms with Gasteiger partial charge in [0.25, 0.3) is 5.69 Å². The molecule has 0 aromatic heterocycles. The lowest BCUT2D eigenvalue weighted by molar-refractivity contribution is -0.385. The molecule has 0 saturated carbocycles. The Hall–Kier alpha value is -2.62. The van der Waals surface area contributed by atoms with Crippen molar-refractivity contribution in [3.8, 4) is 6.07 Å². The zero-order chi connectivity index (χ0) is 13.7. The first-order chi connectivity index (χ1) is 8.45. The average molecular weight is 249 g/mol. The van der Waals surface area contributed by atoms with Gasteiger partial charge < -0.3 is 10.0 Å². The third-order valence-electron chi connectivity index (χ3n) is 2.40. The van der Waals surface area contributed by atoms with Gasteiger partial charge in [-0.3, -0.25) is 14.9 Å². The summed E-state index contributed by atoms with van der Waals surface area (Å²) in [5.74, 6) is -0.927. The topological polar surface area (TPSA) is 107 Å². The van der Waals surface area contributed by atoms with Crippen molar-refractivity contribution in [1.29, 1.82) is 5.26 Å². The highest BCUT2D eigenvalue weighted by Crippen LogP contribution is 2.23. The molecule has 0 unspecified atom stereocenters. The second-order valence-electron chi connectivity index (χ2n) is 3.64. The van der Waals surface area contributed by atoms with Crippen molar-refractivity contribution in [1.82, 2.24) is 0 Å². The first-order valence-electron chi connectivity index (χ1n) is 5.07. The van der Waals surface area contributed by atoms with E-state index in [1.165, 1.54) is 18.2 Å². The summed E-state index contributed by atoms with van der Waals surface area (Å²) in [5.41, 5.74) is 0.269. The summed E-state index contributed by atoms with van der Waals surface area (Å²) in [5, 5.41) is 28.0. The Bertz CT molecular complexity index is 522. The van der Waals surface area contributed by atoms with Crippen molar-refractivity contribution in [3.63, 3.8) is 0 Å². The zero-order valence-electron chi connectivity index (χ0n) is 9.66. The number of rotatable bonds is 5. The predicted octanol–water partition coefficient (Wildman–Crippen LogP) is 1.38. The fraction of sp³-hybridized carbons (Fsp3) is 0.273. The minimum atomic E-state index is -0.927. The highest BCUT2D eigenvalue weighted by atomic mass is 16.6. The lowest BCUT2D eigenvalue weighted by Gasteiger charge is -2.18. The van der Waals surface area contributed by atoms with E-state index in [1.807, 2.05) is 0 Å². The Morgan fingerprint density at radius 1 is 1.61 bits per heavy atom. The van der Waals surface area contributed by atoms with Crippen molar-refractivity contribution in [2.45, 2.75) is 6.42 Å². The molecule has 7 heteroatoms. The van der Waals surface area contributed by atoms with E-state index < -0.39 is 10.9 Å². The van der Waals surface area contributed by atoms with Gasteiger partial charge in [-0.15, -0.1) is 0 Å². The van der Waals surface area contributed by atoms with Crippen LogP contribution in [0.2, 0.25) is 0 Å². The Morgan fingerprint density at radius 3 is 2.78 bits per heavy atom. The van der Waals surface area contributed by atoms with Crippen LogP contribution in [-0.4, -0.2) is 29.6 Å². The number of carboxylic acids is 1. The molecule has 18 heavy (non-hydrogen) atoms. The Balaban J connectivity index is 2.95. The van der Waals surface area contributed by atoms with E-state index in [0.717, 1.165) is 0 Å². The number of nitro benzene ring substituents is 1. The molecule has 1 N–H and O–H groups in total.